The minimum atomic E-state index is -1.94. The molecule has 0 bridgehead atoms. The molecule has 6 rings (SSSR count). The molecule has 290 valence electrons. The molecule has 1 saturated heterocycles. The normalized spacial score (nSPS) is 16.2. The predicted octanol–water partition coefficient (Wildman–Crippen LogP) is 14.1. The van der Waals surface area contributed by atoms with Crippen LogP contribution in [0.4, 0.5) is 5.69 Å². The van der Waals surface area contributed by atoms with Crippen molar-refractivity contribution in [1.82, 2.24) is 5.32 Å². The zero-order chi connectivity index (χ0) is 38.9. The zero-order valence-electron chi connectivity index (χ0n) is 34.0. The number of fused-ring (bicyclic) bond motifs is 1. The summed E-state index contributed by atoms with van der Waals surface area (Å²) in [6.45, 7) is 21.7. The average molecular weight is 869 g/mol. The van der Waals surface area contributed by atoms with E-state index in [-0.39, 0.29) is 7.92 Å². The van der Waals surface area contributed by atoms with Gasteiger partial charge in [0, 0.05) is 12.2 Å². The molecule has 2 nitrogen and oxygen atoms in total. The average Bonchev–Trinajstić information content (AvgIpc) is 3.74. The van der Waals surface area contributed by atoms with Crippen LogP contribution in [0.25, 0.3) is 11.6 Å². The van der Waals surface area contributed by atoms with Gasteiger partial charge >= 0.3 is 120 Å². The molecule has 1 aliphatic heterocycles. The Balaban J connectivity index is 0.000000258. The molecule has 0 radical (unpaired) electrons. The summed E-state index contributed by atoms with van der Waals surface area (Å²) in [5.41, 5.74) is 17.6. The van der Waals surface area contributed by atoms with Crippen LogP contribution in [0, 0.1) is 41.5 Å². The van der Waals surface area contributed by atoms with Gasteiger partial charge < -0.3 is 10.2 Å². The predicted molar refractivity (Wildman–Crippen MR) is 240 cm³/mol. The number of rotatable bonds is 12. The summed E-state index contributed by atoms with van der Waals surface area (Å²) in [5, 5.41) is 3.98. The topological polar surface area (TPSA) is 15.3 Å². The summed E-state index contributed by atoms with van der Waals surface area (Å²) >= 11 is -1.94. The van der Waals surface area contributed by atoms with E-state index in [1.807, 2.05) is 30.3 Å². The van der Waals surface area contributed by atoms with E-state index in [1.54, 1.807) is 5.57 Å². The number of nitrogens with zero attached hydrogens (tertiary/aromatic N) is 1. The quantitative estimate of drug-likeness (QED) is 0.113. The van der Waals surface area contributed by atoms with Crippen molar-refractivity contribution in [2.45, 2.75) is 100 Å². The number of nitrogens with one attached hydrogen (secondary N) is 1. The van der Waals surface area contributed by atoms with Crippen molar-refractivity contribution in [2.24, 2.45) is 0 Å². The van der Waals surface area contributed by atoms with Gasteiger partial charge in [0.15, 0.2) is 0 Å². The Morgan fingerprint density at radius 2 is 1.31 bits per heavy atom. The summed E-state index contributed by atoms with van der Waals surface area (Å²) in [6, 6.07) is 28.4. The van der Waals surface area contributed by atoms with Crippen LogP contribution in [0.3, 0.4) is 0 Å². The number of anilines is 1. The first-order valence-corrected chi connectivity index (χ1v) is 27.1. The van der Waals surface area contributed by atoms with Gasteiger partial charge in [0.05, 0.1) is 6.04 Å². The summed E-state index contributed by atoms with van der Waals surface area (Å²) in [5.74, 6) is 1.40. The van der Waals surface area contributed by atoms with Crippen LogP contribution < -0.4 is 10.2 Å². The summed E-state index contributed by atoms with van der Waals surface area (Å²) in [6.07, 6.45) is 12.8. The first-order valence-electron chi connectivity index (χ1n) is 19.9. The van der Waals surface area contributed by atoms with Gasteiger partial charge in [-0.25, -0.2) is 0 Å². The van der Waals surface area contributed by atoms with Gasteiger partial charge in [-0.3, -0.25) is 0 Å². The molecule has 2 aliphatic rings. The Hall–Kier alpha value is -2.54. The summed E-state index contributed by atoms with van der Waals surface area (Å²) in [7, 11) is 12.6. The van der Waals surface area contributed by atoms with Crippen LogP contribution in [-0.2, 0) is 13.5 Å². The number of benzene rings is 4. The fraction of sp³-hybridized carbons (Fsp3) is 0.396. The zero-order valence-corrected chi connectivity index (χ0v) is 38.2. The fourth-order valence-electron chi connectivity index (χ4n) is 8.39. The molecular formula is C48H61Cl2N2PRu. The van der Waals surface area contributed by atoms with E-state index in [9.17, 15) is 0 Å². The van der Waals surface area contributed by atoms with Crippen LogP contribution >= 0.6 is 27.3 Å². The molecule has 4 aromatic rings. The van der Waals surface area contributed by atoms with Gasteiger partial charge in [-0.2, -0.15) is 0 Å². The van der Waals surface area contributed by atoms with Gasteiger partial charge in [0.1, 0.15) is 5.82 Å². The third kappa shape index (κ3) is 10.1. The van der Waals surface area contributed by atoms with E-state index >= 15 is 0 Å². The molecule has 4 aromatic carbocycles. The van der Waals surface area contributed by atoms with Gasteiger partial charge in [-0.1, -0.05) is 69.0 Å². The molecule has 0 spiro atoms. The van der Waals surface area contributed by atoms with Gasteiger partial charge in [-0.05, 0) is 113 Å². The van der Waals surface area contributed by atoms with Crippen LogP contribution in [0.15, 0.2) is 90.3 Å². The Bertz CT molecular complexity index is 1960. The van der Waals surface area contributed by atoms with Crippen molar-refractivity contribution in [1.29, 1.82) is 0 Å². The van der Waals surface area contributed by atoms with E-state index in [1.165, 1.54) is 117 Å². The molecule has 1 unspecified atom stereocenters. The second kappa shape index (κ2) is 20.1. The second-order valence-electron chi connectivity index (χ2n) is 15.1. The van der Waals surface area contributed by atoms with Gasteiger partial charge in [-0.15, -0.1) is 7.92 Å². The molecule has 0 saturated carbocycles. The van der Waals surface area contributed by atoms with Crippen LogP contribution in [0.5, 0.6) is 0 Å². The van der Waals surface area contributed by atoms with Crippen molar-refractivity contribution < 1.29 is 13.5 Å². The number of aryl methyl sites for hydroxylation is 6. The third-order valence-corrected chi connectivity index (χ3v) is 16.6. The molecule has 1 N–H and O–H groups in total. The Morgan fingerprint density at radius 1 is 0.759 bits per heavy atom. The Morgan fingerprint density at radius 3 is 1.87 bits per heavy atom. The summed E-state index contributed by atoms with van der Waals surface area (Å²) < 4.78 is 1.14. The Labute approximate surface area is 341 Å². The van der Waals surface area contributed by atoms with E-state index in [4.69, 9.17) is 19.4 Å². The van der Waals surface area contributed by atoms with Crippen molar-refractivity contribution in [3.8, 4) is 0 Å². The SMILES string of the molecule is CCCCP(CCCC)CC(CC)=C1NCC(c2c(C)cc(C)cc2C)N1c1c(C)cc(C)cc1C.[Cl][Ru]([Cl])=[C]1C(c2ccccc2)=Cc2ccccc21. The van der Waals surface area contributed by atoms with E-state index in [0.29, 0.717) is 6.04 Å². The number of halogens is 2. The third-order valence-electron chi connectivity index (χ3n) is 10.7. The molecule has 0 aromatic heterocycles. The molecule has 1 atom stereocenters. The molecular weight excluding hydrogens is 807 g/mol. The number of hydrogen-bond donors (Lipinski definition) is 1. The van der Waals surface area contributed by atoms with Crippen molar-refractivity contribution >= 4 is 48.7 Å². The van der Waals surface area contributed by atoms with Crippen LogP contribution in [0.2, 0.25) is 0 Å². The maximum absolute atomic E-state index is 6.29. The van der Waals surface area contributed by atoms with Gasteiger partial charge in [0.25, 0.3) is 0 Å². The van der Waals surface area contributed by atoms with Crippen molar-refractivity contribution in [3.63, 3.8) is 0 Å². The number of unbranched alkanes of at least 4 members (excludes halogenated alkanes) is 2. The first kappa shape index (κ1) is 42.6. The minimum absolute atomic E-state index is 0.0480. The molecule has 1 fully saturated rings. The fourth-order valence-corrected chi connectivity index (χ4v) is 14.6. The van der Waals surface area contributed by atoms with Crippen LogP contribution in [0.1, 0.15) is 115 Å². The van der Waals surface area contributed by atoms with E-state index in [2.05, 4.69) is 127 Å². The van der Waals surface area contributed by atoms with Crippen molar-refractivity contribution in [2.75, 3.05) is 29.9 Å². The van der Waals surface area contributed by atoms with Gasteiger partial charge in [0.2, 0.25) is 0 Å². The molecule has 0 amide bonds. The maximum atomic E-state index is 6.29. The standard InChI is InChI=1S/C33H51N2P.C15H10.2ClH.Ru/c1-10-13-15-36(16-14-11-2)22-29(12-3)33-34-21-30(31-25(6)17-23(4)18-26(31)7)35(33)32-27(8)19-24(5)20-28(32)9;1-2-6-12(7-3-1)15-10-13-8-4-5-9-14(13)11-15;;;/h17-20,30,34H,10-16,21-22H2,1-9H3;1-10H;2*1H;/q;;;;+2/p-2. The molecule has 1 aliphatic carbocycles. The number of hydrogen-bond acceptors (Lipinski definition) is 2. The summed E-state index contributed by atoms with van der Waals surface area (Å²) in [4.78, 5) is 2.71. The molecule has 54 heavy (non-hydrogen) atoms. The van der Waals surface area contributed by atoms with Crippen molar-refractivity contribution in [3.05, 3.63) is 146 Å². The van der Waals surface area contributed by atoms with Crippen LogP contribution in [-0.4, -0.2) is 29.1 Å². The monoisotopic (exact) mass is 868 g/mol. The first-order chi connectivity index (χ1) is 26.0. The Kier molecular flexibility index (Phi) is 15.8. The second-order valence-corrected chi connectivity index (χ2v) is 23.4. The van der Waals surface area contributed by atoms with E-state index < -0.39 is 13.5 Å². The number of allylic oxidation sites excluding steroid dienone is 2. The molecule has 1 heterocycles. The molecule has 6 heteroatoms. The van der Waals surface area contributed by atoms with E-state index in [0.717, 1.165) is 17.1 Å².